The number of aryl methyl sites for hydroxylation is 2. The van der Waals surface area contributed by atoms with Crippen molar-refractivity contribution >= 4 is 91.2 Å². The van der Waals surface area contributed by atoms with Crippen molar-refractivity contribution in [1.82, 2.24) is 4.31 Å². The van der Waals surface area contributed by atoms with Gasteiger partial charge in [-0.25, -0.2) is 13.2 Å². The Kier molecular flexibility index (Phi) is 14.5. The van der Waals surface area contributed by atoms with Crippen molar-refractivity contribution < 1.29 is 46.9 Å². The zero-order valence-electron chi connectivity index (χ0n) is 29.8. The topological polar surface area (TPSA) is 148 Å². The molecule has 2 N–H and O–H groups in total. The van der Waals surface area contributed by atoms with E-state index < -0.39 is 45.1 Å². The lowest BCUT2D eigenvalue weighted by atomic mass is 9.86. The summed E-state index contributed by atoms with van der Waals surface area (Å²) in [5.74, 6) is -2.86. The number of amides is 2. The molecule has 0 aliphatic heterocycles. The predicted molar refractivity (Wildman–Crippen MR) is 219 cm³/mol. The highest BCUT2D eigenvalue weighted by Gasteiger charge is 2.36. The molecule has 4 aromatic carbocycles. The standard InChI is InChI=1S/C39H36F3I2N3O8S/c1-2-47(31-19-14-27(15-20-31)38(51)55-44)56(52,53)32-5-3-4-28(22-32)35(48)46-34-21-16-29(39(40,41)42)23-33(34)36(49)45-30-17-10-25(11-18-30)7-6-24-8-12-26(13-9-24)37(50)54-43/h3-5,8-13,16-18,21-23,27,31H,2,6-7,14-15,19-20H2,1H3,(H,45,49)(H,46,48). The van der Waals surface area contributed by atoms with Crippen LogP contribution in [-0.4, -0.2) is 49.1 Å². The van der Waals surface area contributed by atoms with Crippen LogP contribution in [0, 0.1) is 5.92 Å². The molecule has 296 valence electrons. The summed E-state index contributed by atoms with van der Waals surface area (Å²) in [5.41, 5.74) is 0.738. The molecule has 0 bridgehead atoms. The first kappa shape index (κ1) is 43.1. The molecule has 0 atom stereocenters. The van der Waals surface area contributed by atoms with Gasteiger partial charge in [-0.3, -0.25) is 14.4 Å². The van der Waals surface area contributed by atoms with Crippen molar-refractivity contribution in [2.24, 2.45) is 5.92 Å². The van der Waals surface area contributed by atoms with Gasteiger partial charge in [-0.05, 0) is 110 Å². The number of carbonyl (C=O) groups is 4. The summed E-state index contributed by atoms with van der Waals surface area (Å²) in [7, 11) is -4.10. The largest absolute Gasteiger partial charge is 0.416 e. The number of benzene rings is 4. The fourth-order valence-corrected chi connectivity index (χ4v) is 8.88. The van der Waals surface area contributed by atoms with Gasteiger partial charge in [-0.1, -0.05) is 37.3 Å². The number of nitrogens with one attached hydrogen (secondary N) is 2. The van der Waals surface area contributed by atoms with Crippen LogP contribution in [0.5, 0.6) is 0 Å². The Morgan fingerprint density at radius 3 is 1.96 bits per heavy atom. The van der Waals surface area contributed by atoms with Crippen LogP contribution in [0.15, 0.2) is 95.9 Å². The van der Waals surface area contributed by atoms with Gasteiger partial charge in [-0.15, -0.1) is 0 Å². The molecule has 56 heavy (non-hydrogen) atoms. The second kappa shape index (κ2) is 18.9. The van der Waals surface area contributed by atoms with E-state index in [-0.39, 0.29) is 40.6 Å². The molecular weight excluding hydrogens is 981 g/mol. The number of alkyl halides is 3. The lowest BCUT2D eigenvalue weighted by Gasteiger charge is -2.34. The Hall–Kier alpha value is -4.08. The summed E-state index contributed by atoms with van der Waals surface area (Å²) in [6.07, 6.45) is -1.68. The van der Waals surface area contributed by atoms with E-state index in [0.29, 0.717) is 55.8 Å². The third kappa shape index (κ3) is 10.6. The van der Waals surface area contributed by atoms with E-state index in [1.54, 1.807) is 43.3 Å². The molecule has 0 aromatic heterocycles. The quantitative estimate of drug-likeness (QED) is 0.126. The minimum atomic E-state index is -4.79. The third-order valence-corrected chi connectivity index (χ3v) is 12.4. The van der Waals surface area contributed by atoms with Crippen LogP contribution in [0.3, 0.4) is 0 Å². The summed E-state index contributed by atoms with van der Waals surface area (Å²) in [6, 6.07) is 21.0. The van der Waals surface area contributed by atoms with E-state index in [1.165, 1.54) is 74.6 Å². The molecule has 0 radical (unpaired) electrons. The van der Waals surface area contributed by atoms with Crippen molar-refractivity contribution in [3.8, 4) is 0 Å². The SMILES string of the molecule is CCN(C1CCC(C(=O)OI)CC1)S(=O)(=O)c1cccc(C(=O)Nc2ccc(C(F)(F)F)cc2C(=O)Nc2ccc(CCc3ccc(C(=O)OI)cc3)cc2)c1. The van der Waals surface area contributed by atoms with Crippen LogP contribution in [-0.2, 0) is 40.0 Å². The van der Waals surface area contributed by atoms with Crippen LogP contribution in [0.1, 0.15) is 80.4 Å². The third-order valence-electron chi connectivity index (χ3n) is 9.54. The zero-order chi connectivity index (χ0) is 40.6. The maximum absolute atomic E-state index is 13.8. The summed E-state index contributed by atoms with van der Waals surface area (Å²) in [5, 5.41) is 5.08. The minimum Gasteiger partial charge on any atom is -0.394 e. The van der Waals surface area contributed by atoms with Gasteiger partial charge >= 0.3 is 18.1 Å². The lowest BCUT2D eigenvalue weighted by Crippen LogP contribution is -2.42. The summed E-state index contributed by atoms with van der Waals surface area (Å²) < 4.78 is 79.7. The van der Waals surface area contributed by atoms with Crippen molar-refractivity contribution in [3.63, 3.8) is 0 Å². The highest BCUT2D eigenvalue weighted by molar-refractivity contribution is 14.1. The maximum atomic E-state index is 13.8. The normalized spacial score (nSPS) is 15.8. The number of hydrogen-bond donors (Lipinski definition) is 2. The van der Waals surface area contributed by atoms with Crippen LogP contribution < -0.4 is 10.6 Å². The molecule has 0 heterocycles. The Balaban J connectivity index is 1.29. The number of halogens is 5. The number of rotatable bonds is 13. The molecule has 5 rings (SSSR count). The molecule has 1 saturated carbocycles. The Labute approximate surface area is 350 Å². The van der Waals surface area contributed by atoms with Gasteiger partial charge in [0.2, 0.25) is 10.0 Å². The molecule has 1 aliphatic carbocycles. The smallest absolute Gasteiger partial charge is 0.394 e. The van der Waals surface area contributed by atoms with Crippen LogP contribution in [0.2, 0.25) is 0 Å². The summed E-state index contributed by atoms with van der Waals surface area (Å²) >= 11 is 3.06. The van der Waals surface area contributed by atoms with E-state index >= 15 is 0 Å². The highest BCUT2D eigenvalue weighted by atomic mass is 127. The Morgan fingerprint density at radius 2 is 1.39 bits per heavy atom. The molecule has 1 fully saturated rings. The van der Waals surface area contributed by atoms with Crippen molar-refractivity contribution in [2.45, 2.75) is 62.6 Å². The number of sulfonamides is 1. The van der Waals surface area contributed by atoms with E-state index in [2.05, 4.69) is 13.7 Å². The number of carbonyl (C=O) groups excluding carboxylic acids is 4. The van der Waals surface area contributed by atoms with Gasteiger partial charge in [0, 0.05) is 23.8 Å². The Morgan fingerprint density at radius 1 is 0.768 bits per heavy atom. The average molecular weight is 1020 g/mol. The molecule has 11 nitrogen and oxygen atoms in total. The van der Waals surface area contributed by atoms with Gasteiger partial charge in [0.05, 0.1) is 33.2 Å². The summed E-state index contributed by atoms with van der Waals surface area (Å²) in [6.45, 7) is 1.84. The number of nitrogens with zero attached hydrogens (tertiary/aromatic N) is 1. The molecule has 0 unspecified atom stereocenters. The van der Waals surface area contributed by atoms with E-state index in [4.69, 9.17) is 3.07 Å². The first-order chi connectivity index (χ1) is 26.6. The Bertz CT molecular complexity index is 2180. The first-order valence-electron chi connectivity index (χ1n) is 17.4. The minimum absolute atomic E-state index is 0.100. The number of anilines is 2. The fourth-order valence-electron chi connectivity index (χ4n) is 6.53. The van der Waals surface area contributed by atoms with Gasteiger partial charge in [0.15, 0.2) is 46.0 Å². The molecule has 2 amide bonds. The second-order valence-corrected chi connectivity index (χ2v) is 15.8. The zero-order valence-corrected chi connectivity index (χ0v) is 34.9. The van der Waals surface area contributed by atoms with E-state index in [1.807, 2.05) is 12.1 Å². The molecule has 1 aliphatic rings. The van der Waals surface area contributed by atoms with Crippen molar-refractivity contribution in [1.29, 1.82) is 0 Å². The second-order valence-electron chi connectivity index (χ2n) is 13.1. The van der Waals surface area contributed by atoms with Crippen molar-refractivity contribution in [2.75, 3.05) is 17.2 Å². The van der Waals surface area contributed by atoms with Gasteiger partial charge in [0.1, 0.15) is 0 Å². The molecule has 4 aromatic rings. The monoisotopic (exact) mass is 1020 g/mol. The van der Waals surface area contributed by atoms with E-state index in [9.17, 15) is 40.8 Å². The molecule has 0 saturated heterocycles. The predicted octanol–water partition coefficient (Wildman–Crippen LogP) is 8.96. The molecule has 17 heteroatoms. The van der Waals surface area contributed by atoms with Gasteiger partial charge < -0.3 is 16.8 Å². The van der Waals surface area contributed by atoms with Crippen molar-refractivity contribution in [3.05, 3.63) is 124 Å². The average Bonchev–Trinajstić information content (AvgIpc) is 3.20. The van der Waals surface area contributed by atoms with Crippen LogP contribution >= 0.6 is 46.0 Å². The van der Waals surface area contributed by atoms with Crippen LogP contribution in [0.4, 0.5) is 24.5 Å². The summed E-state index contributed by atoms with van der Waals surface area (Å²) in [4.78, 5) is 50.5. The molecular formula is C39H36F3I2N3O8S. The van der Waals surface area contributed by atoms with E-state index in [0.717, 1.165) is 23.3 Å². The number of hydrogen-bond acceptors (Lipinski definition) is 8. The first-order valence-corrected chi connectivity index (χ1v) is 20.6. The maximum Gasteiger partial charge on any atom is 0.416 e. The molecule has 0 spiro atoms. The highest BCUT2D eigenvalue weighted by Crippen LogP contribution is 2.34. The van der Waals surface area contributed by atoms with Crippen LogP contribution in [0.25, 0.3) is 0 Å². The fraction of sp³-hybridized carbons (Fsp3) is 0.282. The lowest BCUT2D eigenvalue weighted by molar-refractivity contribution is -0.138. The van der Waals surface area contributed by atoms with Gasteiger partial charge in [-0.2, -0.15) is 17.5 Å². The van der Waals surface area contributed by atoms with Gasteiger partial charge in [0.25, 0.3) is 11.8 Å².